The van der Waals surface area contributed by atoms with Crippen LogP contribution >= 0.6 is 15.9 Å². The van der Waals surface area contributed by atoms with Gasteiger partial charge in [-0.25, -0.2) is 0 Å². The molecule has 0 radical (unpaired) electrons. The van der Waals surface area contributed by atoms with E-state index in [0.29, 0.717) is 0 Å². The van der Waals surface area contributed by atoms with E-state index in [1.807, 2.05) is 6.20 Å². The lowest BCUT2D eigenvalue weighted by molar-refractivity contribution is 0.612. The smallest absolute Gasteiger partial charge is 0.0801 e. The van der Waals surface area contributed by atoms with Crippen LogP contribution in [-0.2, 0) is 0 Å². The number of hydrogen-bond donors (Lipinski definition) is 1. The molecule has 3 nitrogen and oxygen atoms in total. The number of benzene rings is 1. The van der Waals surface area contributed by atoms with E-state index >= 15 is 0 Å². The lowest BCUT2D eigenvalue weighted by Gasteiger charge is -2.18. The summed E-state index contributed by atoms with van der Waals surface area (Å²) < 4.78 is 1.13. The summed E-state index contributed by atoms with van der Waals surface area (Å²) in [4.78, 5) is 8.53. The molecule has 0 saturated carbocycles. The fraction of sp³-hybridized carbons (Fsp3) is 0.286. The average molecular weight is 306 g/mol. The van der Waals surface area contributed by atoms with Crippen LogP contribution in [0.5, 0.6) is 0 Å². The molecule has 1 unspecified atom stereocenters. The van der Waals surface area contributed by atoms with Crippen LogP contribution in [0.2, 0.25) is 0 Å². The van der Waals surface area contributed by atoms with Gasteiger partial charge in [-0.05, 0) is 30.7 Å². The molecule has 1 N–H and O–H groups in total. The Labute approximate surface area is 116 Å². The van der Waals surface area contributed by atoms with Crippen molar-refractivity contribution in [3.05, 3.63) is 58.1 Å². The minimum Gasteiger partial charge on any atom is -0.305 e. The standard InChI is InChI=1S/C14H16BrN3/c1-3-17-14(13-9-16-6-7-18-13)11-4-5-12(15)10(2)8-11/h4-9,14,17H,3H2,1-2H3. The Kier molecular flexibility index (Phi) is 4.44. The number of rotatable bonds is 4. The molecule has 18 heavy (non-hydrogen) atoms. The summed E-state index contributed by atoms with van der Waals surface area (Å²) in [5.74, 6) is 0. The Hall–Kier alpha value is -1.26. The van der Waals surface area contributed by atoms with Gasteiger partial charge in [-0.3, -0.25) is 9.97 Å². The van der Waals surface area contributed by atoms with Crippen LogP contribution in [0.15, 0.2) is 41.3 Å². The van der Waals surface area contributed by atoms with E-state index < -0.39 is 0 Å². The Bertz CT molecular complexity index is 514. The zero-order chi connectivity index (χ0) is 13.0. The monoisotopic (exact) mass is 305 g/mol. The third kappa shape index (κ3) is 2.94. The lowest BCUT2D eigenvalue weighted by Crippen LogP contribution is -2.23. The molecule has 1 heterocycles. The largest absolute Gasteiger partial charge is 0.305 e. The van der Waals surface area contributed by atoms with Gasteiger partial charge in [-0.1, -0.05) is 35.0 Å². The van der Waals surface area contributed by atoms with Gasteiger partial charge in [0, 0.05) is 16.9 Å². The van der Waals surface area contributed by atoms with E-state index in [2.05, 4.69) is 63.3 Å². The molecule has 0 spiro atoms. The van der Waals surface area contributed by atoms with Gasteiger partial charge in [-0.15, -0.1) is 0 Å². The number of hydrogen-bond acceptors (Lipinski definition) is 3. The second kappa shape index (κ2) is 6.07. The van der Waals surface area contributed by atoms with Gasteiger partial charge < -0.3 is 5.32 Å². The van der Waals surface area contributed by atoms with Crippen molar-refractivity contribution in [3.63, 3.8) is 0 Å². The average Bonchev–Trinajstić information content (AvgIpc) is 2.40. The first-order chi connectivity index (χ1) is 8.72. The third-order valence-electron chi connectivity index (χ3n) is 2.80. The van der Waals surface area contributed by atoms with Gasteiger partial charge in [-0.2, -0.15) is 0 Å². The van der Waals surface area contributed by atoms with Crippen molar-refractivity contribution in [1.29, 1.82) is 0 Å². The number of nitrogens with zero attached hydrogens (tertiary/aromatic N) is 2. The quantitative estimate of drug-likeness (QED) is 0.942. The van der Waals surface area contributed by atoms with E-state index in [1.165, 1.54) is 11.1 Å². The molecule has 1 aromatic carbocycles. The van der Waals surface area contributed by atoms with Crippen molar-refractivity contribution in [3.8, 4) is 0 Å². The predicted octanol–water partition coefficient (Wildman–Crippen LogP) is 3.25. The van der Waals surface area contributed by atoms with Gasteiger partial charge in [0.1, 0.15) is 0 Å². The highest BCUT2D eigenvalue weighted by Crippen LogP contribution is 2.24. The summed E-state index contributed by atoms with van der Waals surface area (Å²) in [7, 11) is 0. The molecule has 0 amide bonds. The van der Waals surface area contributed by atoms with Crippen LogP contribution in [0.3, 0.4) is 0 Å². The first-order valence-electron chi connectivity index (χ1n) is 5.97. The molecule has 0 aliphatic heterocycles. The summed E-state index contributed by atoms with van der Waals surface area (Å²) in [6.45, 7) is 5.07. The highest BCUT2D eigenvalue weighted by molar-refractivity contribution is 9.10. The molecule has 1 atom stereocenters. The van der Waals surface area contributed by atoms with Crippen LogP contribution in [0.4, 0.5) is 0 Å². The Balaban J connectivity index is 2.38. The maximum Gasteiger partial charge on any atom is 0.0801 e. The SMILES string of the molecule is CCNC(c1ccc(Br)c(C)c1)c1cnccn1. The second-order valence-corrected chi connectivity index (χ2v) is 4.98. The molecule has 0 fully saturated rings. The van der Waals surface area contributed by atoms with Gasteiger partial charge in [0.2, 0.25) is 0 Å². The molecule has 0 bridgehead atoms. The molecule has 0 saturated heterocycles. The number of aromatic nitrogens is 2. The summed E-state index contributed by atoms with van der Waals surface area (Å²) in [5, 5.41) is 3.44. The topological polar surface area (TPSA) is 37.8 Å². The minimum atomic E-state index is 0.0931. The van der Waals surface area contributed by atoms with E-state index in [0.717, 1.165) is 16.7 Å². The van der Waals surface area contributed by atoms with Gasteiger partial charge in [0.15, 0.2) is 0 Å². The summed E-state index contributed by atoms with van der Waals surface area (Å²) in [6, 6.07) is 6.45. The molecular formula is C14H16BrN3. The molecule has 0 aliphatic carbocycles. The van der Waals surface area contributed by atoms with Crippen molar-refractivity contribution in [1.82, 2.24) is 15.3 Å². The van der Waals surface area contributed by atoms with Crippen LogP contribution < -0.4 is 5.32 Å². The molecule has 0 aliphatic rings. The van der Waals surface area contributed by atoms with Crippen molar-refractivity contribution in [2.75, 3.05) is 6.54 Å². The lowest BCUT2D eigenvalue weighted by atomic mass is 10.0. The van der Waals surface area contributed by atoms with Crippen molar-refractivity contribution in [2.45, 2.75) is 19.9 Å². The van der Waals surface area contributed by atoms with Crippen LogP contribution in [0.25, 0.3) is 0 Å². The number of nitrogens with one attached hydrogen (secondary N) is 1. The van der Waals surface area contributed by atoms with Gasteiger partial charge >= 0.3 is 0 Å². The fourth-order valence-electron chi connectivity index (χ4n) is 1.90. The zero-order valence-electron chi connectivity index (χ0n) is 10.5. The summed E-state index contributed by atoms with van der Waals surface area (Å²) in [6.07, 6.45) is 5.23. The van der Waals surface area contributed by atoms with Crippen LogP contribution in [0.1, 0.15) is 29.8 Å². The first-order valence-corrected chi connectivity index (χ1v) is 6.77. The Morgan fingerprint density at radius 3 is 2.78 bits per heavy atom. The Morgan fingerprint density at radius 1 is 1.33 bits per heavy atom. The zero-order valence-corrected chi connectivity index (χ0v) is 12.1. The minimum absolute atomic E-state index is 0.0931. The molecule has 2 rings (SSSR count). The molecular weight excluding hydrogens is 290 g/mol. The van der Waals surface area contributed by atoms with Crippen molar-refractivity contribution in [2.24, 2.45) is 0 Å². The fourth-order valence-corrected chi connectivity index (χ4v) is 2.15. The molecule has 1 aromatic heterocycles. The predicted molar refractivity (Wildman–Crippen MR) is 76.4 cm³/mol. The highest BCUT2D eigenvalue weighted by atomic mass is 79.9. The van der Waals surface area contributed by atoms with Crippen molar-refractivity contribution < 1.29 is 0 Å². The third-order valence-corrected chi connectivity index (χ3v) is 3.69. The van der Waals surface area contributed by atoms with Crippen LogP contribution in [0, 0.1) is 6.92 Å². The van der Waals surface area contributed by atoms with Gasteiger partial charge in [0.05, 0.1) is 17.9 Å². The second-order valence-electron chi connectivity index (χ2n) is 4.13. The van der Waals surface area contributed by atoms with Crippen LogP contribution in [-0.4, -0.2) is 16.5 Å². The normalized spacial score (nSPS) is 12.4. The van der Waals surface area contributed by atoms with Gasteiger partial charge in [0.25, 0.3) is 0 Å². The highest BCUT2D eigenvalue weighted by Gasteiger charge is 2.14. The maximum absolute atomic E-state index is 4.39. The molecule has 2 aromatic rings. The number of aryl methyl sites for hydroxylation is 1. The summed E-state index contributed by atoms with van der Waals surface area (Å²) >= 11 is 3.53. The number of halogens is 1. The van der Waals surface area contributed by atoms with E-state index in [1.54, 1.807) is 12.4 Å². The maximum atomic E-state index is 4.39. The van der Waals surface area contributed by atoms with E-state index in [4.69, 9.17) is 0 Å². The Morgan fingerprint density at radius 2 is 2.17 bits per heavy atom. The van der Waals surface area contributed by atoms with E-state index in [-0.39, 0.29) is 6.04 Å². The van der Waals surface area contributed by atoms with Crippen molar-refractivity contribution >= 4 is 15.9 Å². The molecule has 94 valence electrons. The summed E-state index contributed by atoms with van der Waals surface area (Å²) in [5.41, 5.74) is 3.37. The first kappa shape index (κ1) is 13.2. The van der Waals surface area contributed by atoms with E-state index in [9.17, 15) is 0 Å². The molecule has 4 heteroatoms.